The largest absolute Gasteiger partial charge is 0.477 e. The molecule has 0 spiro atoms. The normalized spacial score (nSPS) is 19.0. The van der Waals surface area contributed by atoms with Crippen LogP contribution in [0.1, 0.15) is 24.5 Å². The molecule has 0 fully saturated rings. The van der Waals surface area contributed by atoms with E-state index in [2.05, 4.69) is 22.0 Å². The van der Waals surface area contributed by atoms with Gasteiger partial charge in [-0.15, -0.1) is 0 Å². The van der Waals surface area contributed by atoms with Crippen molar-refractivity contribution < 1.29 is 9.53 Å². The number of carbonyl (C=O) groups excluding carboxylic acids is 1. The zero-order valence-electron chi connectivity index (χ0n) is 10.5. The van der Waals surface area contributed by atoms with E-state index in [0.717, 1.165) is 27.0 Å². The Morgan fingerprint density at radius 2 is 2.06 bits per heavy atom. The van der Waals surface area contributed by atoms with Crippen molar-refractivity contribution in [2.75, 3.05) is 11.9 Å². The second-order valence-corrected chi connectivity index (χ2v) is 5.21. The highest BCUT2D eigenvalue weighted by Gasteiger charge is 2.33. The maximum atomic E-state index is 12.1. The number of aryl methyl sites for hydroxylation is 2. The van der Waals surface area contributed by atoms with Gasteiger partial charge in [0.15, 0.2) is 11.9 Å². The SMILES string of the molecule is CCC1Oc2c(Br)c(C)cc(C)c2N(C)C1=O. The number of fused-ring (bicyclic) bond motifs is 1. The van der Waals surface area contributed by atoms with E-state index in [-0.39, 0.29) is 12.0 Å². The molecule has 17 heavy (non-hydrogen) atoms. The van der Waals surface area contributed by atoms with Gasteiger partial charge in [-0.05, 0) is 47.3 Å². The van der Waals surface area contributed by atoms with Crippen molar-refractivity contribution in [1.29, 1.82) is 0 Å². The van der Waals surface area contributed by atoms with Crippen molar-refractivity contribution in [3.8, 4) is 5.75 Å². The summed E-state index contributed by atoms with van der Waals surface area (Å²) in [6, 6.07) is 2.06. The van der Waals surface area contributed by atoms with Gasteiger partial charge in [0.25, 0.3) is 5.91 Å². The molecule has 3 nitrogen and oxygen atoms in total. The minimum atomic E-state index is -0.370. The van der Waals surface area contributed by atoms with Crippen molar-refractivity contribution in [3.63, 3.8) is 0 Å². The van der Waals surface area contributed by atoms with Gasteiger partial charge in [0, 0.05) is 7.05 Å². The number of nitrogens with zero attached hydrogens (tertiary/aromatic N) is 1. The number of likely N-dealkylation sites (N-methyl/N-ethyl adjacent to an activating group) is 1. The Morgan fingerprint density at radius 3 is 2.65 bits per heavy atom. The molecule has 0 saturated carbocycles. The Morgan fingerprint density at radius 1 is 1.41 bits per heavy atom. The van der Waals surface area contributed by atoms with Gasteiger partial charge in [0.05, 0.1) is 10.2 Å². The van der Waals surface area contributed by atoms with Crippen LogP contribution in [0.4, 0.5) is 5.69 Å². The van der Waals surface area contributed by atoms with Crippen LogP contribution in [0.5, 0.6) is 5.75 Å². The number of benzene rings is 1. The second-order valence-electron chi connectivity index (χ2n) is 4.41. The van der Waals surface area contributed by atoms with Crippen molar-refractivity contribution in [1.82, 2.24) is 0 Å². The summed E-state index contributed by atoms with van der Waals surface area (Å²) in [7, 11) is 1.81. The van der Waals surface area contributed by atoms with Crippen molar-refractivity contribution in [3.05, 3.63) is 21.7 Å². The lowest BCUT2D eigenvalue weighted by atomic mass is 10.1. The highest BCUT2D eigenvalue weighted by molar-refractivity contribution is 9.10. The van der Waals surface area contributed by atoms with Crippen LogP contribution in [0.3, 0.4) is 0 Å². The number of anilines is 1. The zero-order chi connectivity index (χ0) is 12.7. The van der Waals surface area contributed by atoms with E-state index < -0.39 is 0 Å². The van der Waals surface area contributed by atoms with Gasteiger partial charge in [-0.2, -0.15) is 0 Å². The highest BCUT2D eigenvalue weighted by atomic mass is 79.9. The molecule has 1 unspecified atom stereocenters. The number of rotatable bonds is 1. The van der Waals surface area contributed by atoms with E-state index >= 15 is 0 Å². The first kappa shape index (κ1) is 12.4. The summed E-state index contributed by atoms with van der Waals surface area (Å²) in [6.07, 6.45) is 0.312. The van der Waals surface area contributed by atoms with Crippen LogP contribution < -0.4 is 9.64 Å². The first-order valence-electron chi connectivity index (χ1n) is 5.71. The van der Waals surface area contributed by atoms with E-state index in [0.29, 0.717) is 6.42 Å². The molecule has 1 aromatic carbocycles. The standard InChI is InChI=1S/C13H16BrNO2/c1-5-9-13(16)15(4)11-8(3)6-7(2)10(14)12(11)17-9/h6,9H,5H2,1-4H3. The molecule has 4 heteroatoms. The monoisotopic (exact) mass is 297 g/mol. The molecule has 2 rings (SSSR count). The lowest BCUT2D eigenvalue weighted by Crippen LogP contribution is -2.43. The van der Waals surface area contributed by atoms with Crippen LogP contribution in [-0.2, 0) is 4.79 Å². The average Bonchev–Trinajstić information content (AvgIpc) is 2.29. The Kier molecular flexibility index (Phi) is 3.17. The van der Waals surface area contributed by atoms with Gasteiger partial charge < -0.3 is 9.64 Å². The van der Waals surface area contributed by atoms with E-state index in [1.165, 1.54) is 0 Å². The van der Waals surface area contributed by atoms with Crippen LogP contribution in [0.25, 0.3) is 0 Å². The van der Waals surface area contributed by atoms with Crippen LogP contribution in [0.15, 0.2) is 10.5 Å². The smallest absolute Gasteiger partial charge is 0.267 e. The Balaban J connectivity index is 2.64. The lowest BCUT2D eigenvalue weighted by Gasteiger charge is -2.33. The first-order chi connectivity index (χ1) is 7.97. The summed E-state index contributed by atoms with van der Waals surface area (Å²) in [6.45, 7) is 5.98. The lowest BCUT2D eigenvalue weighted by molar-refractivity contribution is -0.126. The summed E-state index contributed by atoms with van der Waals surface area (Å²) >= 11 is 3.54. The summed E-state index contributed by atoms with van der Waals surface area (Å²) < 4.78 is 6.76. The van der Waals surface area contributed by atoms with Gasteiger partial charge in [0.1, 0.15) is 0 Å². The summed E-state index contributed by atoms with van der Waals surface area (Å²) in [5, 5.41) is 0. The fourth-order valence-corrected chi connectivity index (χ4v) is 2.62. The molecule has 0 radical (unpaired) electrons. The molecule has 0 saturated heterocycles. The van der Waals surface area contributed by atoms with Crippen molar-refractivity contribution in [2.24, 2.45) is 0 Å². The Hall–Kier alpha value is -1.03. The molecule has 1 heterocycles. The predicted molar refractivity (Wildman–Crippen MR) is 71.7 cm³/mol. The molecule has 0 aliphatic carbocycles. The minimum absolute atomic E-state index is 0.0267. The summed E-state index contributed by atoms with van der Waals surface area (Å²) in [4.78, 5) is 13.8. The molecular weight excluding hydrogens is 282 g/mol. The average molecular weight is 298 g/mol. The van der Waals surface area contributed by atoms with Gasteiger partial charge in [-0.3, -0.25) is 4.79 Å². The van der Waals surface area contributed by atoms with E-state index in [4.69, 9.17) is 4.74 Å². The predicted octanol–water partition coefficient (Wildman–Crippen LogP) is 3.20. The molecule has 0 N–H and O–H groups in total. The number of ether oxygens (including phenoxy) is 1. The summed E-state index contributed by atoms with van der Waals surface area (Å²) in [5.41, 5.74) is 3.06. The Bertz CT molecular complexity index is 485. The van der Waals surface area contributed by atoms with Crippen LogP contribution >= 0.6 is 15.9 Å². The van der Waals surface area contributed by atoms with Crippen molar-refractivity contribution >= 4 is 27.5 Å². The fourth-order valence-electron chi connectivity index (χ4n) is 2.22. The molecule has 1 amide bonds. The molecule has 0 bridgehead atoms. The fraction of sp³-hybridized carbons (Fsp3) is 0.462. The highest BCUT2D eigenvalue weighted by Crippen LogP contribution is 2.43. The first-order valence-corrected chi connectivity index (χ1v) is 6.50. The zero-order valence-corrected chi connectivity index (χ0v) is 12.1. The third-order valence-electron chi connectivity index (χ3n) is 3.14. The molecule has 1 aliphatic heterocycles. The van der Waals surface area contributed by atoms with Crippen LogP contribution in [-0.4, -0.2) is 19.1 Å². The maximum Gasteiger partial charge on any atom is 0.267 e. The second kappa shape index (κ2) is 4.33. The van der Waals surface area contributed by atoms with E-state index in [9.17, 15) is 4.79 Å². The maximum absolute atomic E-state index is 12.1. The van der Waals surface area contributed by atoms with Gasteiger partial charge in [-0.25, -0.2) is 0 Å². The van der Waals surface area contributed by atoms with E-state index in [1.54, 1.807) is 11.9 Å². The van der Waals surface area contributed by atoms with Crippen LogP contribution in [0.2, 0.25) is 0 Å². The topological polar surface area (TPSA) is 29.5 Å². The molecule has 0 aromatic heterocycles. The molecule has 92 valence electrons. The minimum Gasteiger partial charge on any atom is -0.477 e. The molecule has 1 atom stereocenters. The third kappa shape index (κ3) is 1.84. The number of hydrogen-bond acceptors (Lipinski definition) is 2. The third-order valence-corrected chi connectivity index (χ3v) is 4.13. The Labute approximate surface area is 110 Å². The van der Waals surface area contributed by atoms with Gasteiger partial charge in [-0.1, -0.05) is 13.0 Å². The van der Waals surface area contributed by atoms with E-state index in [1.807, 2.05) is 20.8 Å². The molecule has 1 aromatic rings. The number of hydrogen-bond donors (Lipinski definition) is 0. The van der Waals surface area contributed by atoms with Gasteiger partial charge in [0.2, 0.25) is 0 Å². The molecule has 1 aliphatic rings. The summed E-state index contributed by atoms with van der Waals surface area (Å²) in [5.74, 6) is 0.815. The number of amides is 1. The van der Waals surface area contributed by atoms with Crippen molar-refractivity contribution in [2.45, 2.75) is 33.3 Å². The quantitative estimate of drug-likeness (QED) is 0.797. The number of halogens is 1. The number of carbonyl (C=O) groups is 1. The van der Waals surface area contributed by atoms with Crippen LogP contribution in [0, 0.1) is 13.8 Å². The molecular formula is C13H16BrNO2. The van der Waals surface area contributed by atoms with Gasteiger partial charge >= 0.3 is 0 Å².